The van der Waals surface area contributed by atoms with Crippen molar-refractivity contribution in [3.05, 3.63) is 84.8 Å². The van der Waals surface area contributed by atoms with Gasteiger partial charge < -0.3 is 15.4 Å². The molecule has 4 rings (SSSR count). The lowest BCUT2D eigenvalue weighted by atomic mass is 10.2. The van der Waals surface area contributed by atoms with E-state index in [2.05, 4.69) is 25.7 Å². The topological polar surface area (TPSA) is 94.0 Å². The van der Waals surface area contributed by atoms with Crippen LogP contribution >= 0.6 is 0 Å². The lowest BCUT2D eigenvalue weighted by Gasteiger charge is -2.07. The molecule has 0 aliphatic rings. The summed E-state index contributed by atoms with van der Waals surface area (Å²) in [6.45, 7) is 0.259. The summed E-state index contributed by atoms with van der Waals surface area (Å²) in [4.78, 5) is 20.9. The van der Waals surface area contributed by atoms with E-state index < -0.39 is 0 Å². The van der Waals surface area contributed by atoms with Gasteiger partial charge in [-0.2, -0.15) is 5.10 Å². The maximum atomic E-state index is 12.2. The second-order valence-corrected chi connectivity index (χ2v) is 6.38. The lowest BCUT2D eigenvalue weighted by molar-refractivity contribution is 0.251. The Morgan fingerprint density at radius 3 is 2.57 bits per heavy atom. The first-order valence-corrected chi connectivity index (χ1v) is 9.33. The van der Waals surface area contributed by atoms with Crippen molar-refractivity contribution in [2.24, 2.45) is 0 Å². The van der Waals surface area contributed by atoms with Crippen LogP contribution in [0.15, 0.2) is 79.1 Å². The molecule has 1 aromatic carbocycles. The number of carbonyl (C=O) groups excluding carboxylic acids is 1. The maximum absolute atomic E-state index is 12.2. The number of methoxy groups -OCH3 is 1. The highest BCUT2D eigenvalue weighted by molar-refractivity contribution is 5.89. The van der Waals surface area contributed by atoms with Crippen LogP contribution in [0.1, 0.15) is 5.69 Å². The van der Waals surface area contributed by atoms with E-state index in [0.717, 1.165) is 22.8 Å². The third kappa shape index (κ3) is 4.44. The molecule has 0 saturated carbocycles. The van der Waals surface area contributed by atoms with Crippen LogP contribution in [0.2, 0.25) is 0 Å². The summed E-state index contributed by atoms with van der Waals surface area (Å²) in [5.41, 5.74) is 3.73. The average Bonchev–Trinajstić information content (AvgIpc) is 3.23. The van der Waals surface area contributed by atoms with Crippen molar-refractivity contribution in [1.82, 2.24) is 25.1 Å². The van der Waals surface area contributed by atoms with Gasteiger partial charge in [0, 0.05) is 18.0 Å². The Balaban J connectivity index is 1.56. The van der Waals surface area contributed by atoms with Crippen molar-refractivity contribution in [3.8, 4) is 23.0 Å². The Labute approximate surface area is 173 Å². The van der Waals surface area contributed by atoms with Gasteiger partial charge in [-0.15, -0.1) is 0 Å². The Morgan fingerprint density at radius 2 is 1.87 bits per heavy atom. The van der Waals surface area contributed by atoms with Crippen molar-refractivity contribution in [2.45, 2.75) is 6.54 Å². The van der Waals surface area contributed by atoms with Gasteiger partial charge in [0.05, 0.1) is 42.6 Å². The molecule has 3 heterocycles. The van der Waals surface area contributed by atoms with Gasteiger partial charge in [0.15, 0.2) is 0 Å². The van der Waals surface area contributed by atoms with Crippen LogP contribution in [-0.4, -0.2) is 32.9 Å². The van der Waals surface area contributed by atoms with Gasteiger partial charge in [0.2, 0.25) is 5.88 Å². The van der Waals surface area contributed by atoms with Crippen LogP contribution in [0.25, 0.3) is 17.1 Å². The summed E-state index contributed by atoms with van der Waals surface area (Å²) in [7, 11) is 1.57. The molecular weight excluding hydrogens is 380 g/mol. The molecule has 0 aliphatic carbocycles. The van der Waals surface area contributed by atoms with Gasteiger partial charge in [-0.3, -0.25) is 4.98 Å². The van der Waals surface area contributed by atoms with E-state index in [1.165, 1.54) is 0 Å². The summed E-state index contributed by atoms with van der Waals surface area (Å²) < 4.78 is 6.88. The van der Waals surface area contributed by atoms with Crippen LogP contribution in [0.3, 0.4) is 0 Å². The molecule has 0 unspecified atom stereocenters. The summed E-state index contributed by atoms with van der Waals surface area (Å²) in [5.74, 6) is 0.518. The fourth-order valence-corrected chi connectivity index (χ4v) is 2.90. The molecule has 2 amide bonds. The molecule has 0 bridgehead atoms. The smallest absolute Gasteiger partial charge is 0.319 e. The number of anilines is 1. The van der Waals surface area contributed by atoms with Crippen molar-refractivity contribution in [2.75, 3.05) is 12.4 Å². The molecule has 0 spiro atoms. The second kappa shape index (κ2) is 8.87. The van der Waals surface area contributed by atoms with E-state index in [1.807, 2.05) is 60.7 Å². The third-order valence-electron chi connectivity index (χ3n) is 4.32. The number of pyridine rings is 2. The zero-order chi connectivity index (χ0) is 20.8. The van der Waals surface area contributed by atoms with Crippen LogP contribution in [0, 0.1) is 0 Å². The fourth-order valence-electron chi connectivity index (χ4n) is 2.90. The molecule has 0 fully saturated rings. The number of nitrogens with one attached hydrogen (secondary N) is 2. The number of nitrogens with zero attached hydrogens (tertiary/aromatic N) is 4. The number of urea groups is 1. The Kier molecular flexibility index (Phi) is 5.66. The lowest BCUT2D eigenvalue weighted by Crippen LogP contribution is -2.28. The molecule has 4 aromatic rings. The molecule has 0 radical (unpaired) electrons. The van der Waals surface area contributed by atoms with Gasteiger partial charge in [0.25, 0.3) is 0 Å². The zero-order valence-corrected chi connectivity index (χ0v) is 16.3. The maximum Gasteiger partial charge on any atom is 0.319 e. The largest absolute Gasteiger partial charge is 0.481 e. The van der Waals surface area contributed by atoms with Crippen molar-refractivity contribution >= 4 is 11.7 Å². The number of ether oxygens (including phenoxy) is 1. The van der Waals surface area contributed by atoms with Crippen molar-refractivity contribution in [1.29, 1.82) is 0 Å². The number of rotatable bonds is 6. The summed E-state index contributed by atoms with van der Waals surface area (Å²) in [6.07, 6.45) is 3.40. The van der Waals surface area contributed by atoms with Gasteiger partial charge >= 0.3 is 6.03 Å². The fraction of sp³-hybridized carbons (Fsp3) is 0.0909. The van der Waals surface area contributed by atoms with Gasteiger partial charge in [-0.1, -0.05) is 24.3 Å². The minimum atomic E-state index is -0.304. The minimum absolute atomic E-state index is 0.259. The molecule has 3 aromatic heterocycles. The number of hydrogen-bond acceptors (Lipinski definition) is 5. The quantitative estimate of drug-likeness (QED) is 0.515. The van der Waals surface area contributed by atoms with E-state index >= 15 is 0 Å². The van der Waals surface area contributed by atoms with Gasteiger partial charge in [0.1, 0.15) is 0 Å². The number of aromatic nitrogens is 4. The Bertz CT molecular complexity index is 1110. The van der Waals surface area contributed by atoms with E-state index in [-0.39, 0.29) is 12.6 Å². The molecule has 0 saturated heterocycles. The van der Waals surface area contributed by atoms with E-state index in [0.29, 0.717) is 11.6 Å². The highest BCUT2D eigenvalue weighted by Gasteiger charge is 2.14. The van der Waals surface area contributed by atoms with Crippen LogP contribution < -0.4 is 15.4 Å². The summed E-state index contributed by atoms with van der Waals surface area (Å²) in [5, 5.41) is 10.3. The van der Waals surface area contributed by atoms with Gasteiger partial charge in [-0.05, 0) is 36.4 Å². The number of benzene rings is 1. The molecule has 8 heteroatoms. The average molecular weight is 400 g/mol. The standard InChI is InChI=1S/C22H20N6O2/c1-30-21-11-10-18(15-24-21)28-20(19-9-5-6-12-23-19)13-17(27-28)14-25-22(29)26-16-7-3-2-4-8-16/h2-13,15H,14H2,1H3,(H2,25,26,29). The second-order valence-electron chi connectivity index (χ2n) is 6.38. The van der Waals surface area contributed by atoms with Gasteiger partial charge in [-0.25, -0.2) is 14.5 Å². The summed E-state index contributed by atoms with van der Waals surface area (Å²) >= 11 is 0. The number of amides is 2. The Hall–Kier alpha value is -4.20. The van der Waals surface area contributed by atoms with E-state index in [4.69, 9.17) is 4.74 Å². The first-order chi connectivity index (χ1) is 14.7. The number of hydrogen-bond donors (Lipinski definition) is 2. The molecule has 30 heavy (non-hydrogen) atoms. The highest BCUT2D eigenvalue weighted by atomic mass is 16.5. The SMILES string of the molecule is COc1ccc(-n2nc(CNC(=O)Nc3ccccc3)cc2-c2ccccn2)cn1. The minimum Gasteiger partial charge on any atom is -0.481 e. The molecule has 0 aliphatic heterocycles. The van der Waals surface area contributed by atoms with Crippen molar-refractivity contribution in [3.63, 3.8) is 0 Å². The third-order valence-corrected chi connectivity index (χ3v) is 4.32. The first kappa shape index (κ1) is 19.1. The number of para-hydroxylation sites is 1. The van der Waals surface area contributed by atoms with Crippen LogP contribution in [-0.2, 0) is 6.54 Å². The predicted octanol–water partition coefficient (Wildman–Crippen LogP) is 3.66. The molecule has 150 valence electrons. The molecule has 2 N–H and O–H groups in total. The van der Waals surface area contributed by atoms with Crippen molar-refractivity contribution < 1.29 is 9.53 Å². The zero-order valence-electron chi connectivity index (χ0n) is 16.3. The van der Waals surface area contributed by atoms with Crippen LogP contribution in [0.5, 0.6) is 5.88 Å². The van der Waals surface area contributed by atoms with E-state index in [1.54, 1.807) is 30.3 Å². The van der Waals surface area contributed by atoms with E-state index in [9.17, 15) is 4.79 Å². The molecule has 0 atom stereocenters. The predicted molar refractivity (Wildman–Crippen MR) is 113 cm³/mol. The normalized spacial score (nSPS) is 10.4. The molecule has 8 nitrogen and oxygen atoms in total. The highest BCUT2D eigenvalue weighted by Crippen LogP contribution is 2.23. The van der Waals surface area contributed by atoms with Crippen LogP contribution in [0.4, 0.5) is 10.5 Å². The summed E-state index contributed by atoms with van der Waals surface area (Å²) in [6, 6.07) is 20.2. The Morgan fingerprint density at radius 1 is 1.03 bits per heavy atom. The number of carbonyl (C=O) groups is 1. The molecular formula is C22H20N6O2. The monoisotopic (exact) mass is 400 g/mol. The first-order valence-electron chi connectivity index (χ1n) is 9.33.